The molecule has 0 saturated carbocycles. The number of fused-ring (bicyclic) bond motifs is 1. The van der Waals surface area contributed by atoms with Crippen molar-refractivity contribution in [1.82, 2.24) is 14.8 Å². The summed E-state index contributed by atoms with van der Waals surface area (Å²) in [6.45, 7) is 2.97. The van der Waals surface area contributed by atoms with Crippen molar-refractivity contribution in [1.29, 1.82) is 0 Å². The average Bonchev–Trinajstić information content (AvgIpc) is 3.20. The zero-order valence-corrected chi connectivity index (χ0v) is 17.8. The minimum absolute atomic E-state index is 0.0820. The van der Waals surface area contributed by atoms with E-state index in [0.717, 1.165) is 40.9 Å². The van der Waals surface area contributed by atoms with E-state index in [-0.39, 0.29) is 12.5 Å². The molecule has 7 nitrogen and oxygen atoms in total. The number of hydrogen-bond donors (Lipinski definition) is 2. The van der Waals surface area contributed by atoms with Crippen molar-refractivity contribution in [2.24, 2.45) is 0 Å². The summed E-state index contributed by atoms with van der Waals surface area (Å²) in [7, 11) is 1.64. The summed E-state index contributed by atoms with van der Waals surface area (Å²) in [6, 6.07) is 15.6. The van der Waals surface area contributed by atoms with Gasteiger partial charge in [-0.25, -0.2) is 0 Å². The predicted molar refractivity (Wildman–Crippen MR) is 119 cm³/mol. The minimum atomic E-state index is -0.671. The van der Waals surface area contributed by atoms with Crippen LogP contribution < -0.4 is 9.47 Å². The maximum atomic E-state index is 12.8. The molecule has 0 spiro atoms. The number of amides is 1. The number of methoxy groups -OCH3 is 1. The second-order valence-electron chi connectivity index (χ2n) is 7.91. The fourth-order valence-electron chi connectivity index (χ4n) is 3.97. The zero-order chi connectivity index (χ0) is 21.6. The third-order valence-corrected chi connectivity index (χ3v) is 5.60. The number of carbonyl (C=O) groups is 1. The number of H-pyrrole nitrogens is 1. The van der Waals surface area contributed by atoms with Gasteiger partial charge in [0.15, 0.2) is 0 Å². The maximum absolute atomic E-state index is 12.8. The van der Waals surface area contributed by atoms with Crippen LogP contribution in [0.4, 0.5) is 0 Å². The van der Waals surface area contributed by atoms with Crippen LogP contribution >= 0.6 is 0 Å². The van der Waals surface area contributed by atoms with Crippen LogP contribution in [0.2, 0.25) is 0 Å². The number of rotatable bonds is 8. The number of nitrogens with zero attached hydrogens (tertiary/aromatic N) is 2. The van der Waals surface area contributed by atoms with Gasteiger partial charge in [0.1, 0.15) is 24.2 Å². The van der Waals surface area contributed by atoms with Crippen molar-refractivity contribution in [2.75, 3.05) is 39.9 Å². The third kappa shape index (κ3) is 5.37. The summed E-state index contributed by atoms with van der Waals surface area (Å²) in [5, 5.41) is 11.5. The number of nitrogens with one attached hydrogen (secondary N) is 1. The molecule has 3 aromatic rings. The lowest BCUT2D eigenvalue weighted by atomic mass is 10.2. The lowest BCUT2D eigenvalue weighted by Gasteiger charge is -2.24. The Labute approximate surface area is 182 Å². The first kappa shape index (κ1) is 21.2. The number of aromatic nitrogens is 1. The summed E-state index contributed by atoms with van der Waals surface area (Å²) < 4.78 is 11.0. The first-order valence-electron chi connectivity index (χ1n) is 10.6. The Kier molecular flexibility index (Phi) is 6.74. The SMILES string of the molecule is COc1ccc(CN2CCCN(CC(O)COc3cccc4[nH]ccc34)CC2=O)cc1. The van der Waals surface area contributed by atoms with Gasteiger partial charge in [-0.15, -0.1) is 0 Å². The molecule has 1 saturated heterocycles. The van der Waals surface area contributed by atoms with Crippen LogP contribution in [-0.2, 0) is 11.3 Å². The number of benzene rings is 2. The first-order valence-corrected chi connectivity index (χ1v) is 10.6. The smallest absolute Gasteiger partial charge is 0.237 e. The third-order valence-electron chi connectivity index (χ3n) is 5.60. The van der Waals surface area contributed by atoms with Gasteiger partial charge in [-0.05, 0) is 42.3 Å². The Morgan fingerprint density at radius 2 is 1.97 bits per heavy atom. The summed E-state index contributed by atoms with van der Waals surface area (Å²) in [6.07, 6.45) is 2.07. The molecule has 1 aromatic heterocycles. The van der Waals surface area contributed by atoms with E-state index < -0.39 is 6.10 Å². The van der Waals surface area contributed by atoms with Crippen LogP contribution in [0.1, 0.15) is 12.0 Å². The largest absolute Gasteiger partial charge is 0.497 e. The molecule has 7 heteroatoms. The Hall–Kier alpha value is -3.03. The van der Waals surface area contributed by atoms with E-state index in [2.05, 4.69) is 4.98 Å². The van der Waals surface area contributed by atoms with Gasteiger partial charge in [-0.2, -0.15) is 0 Å². The van der Waals surface area contributed by atoms with Crippen LogP contribution in [0, 0.1) is 0 Å². The molecule has 1 atom stereocenters. The predicted octanol–water partition coefficient (Wildman–Crippen LogP) is 2.65. The van der Waals surface area contributed by atoms with Gasteiger partial charge in [0.25, 0.3) is 0 Å². The second kappa shape index (κ2) is 9.85. The Balaban J connectivity index is 1.28. The highest BCUT2D eigenvalue weighted by Gasteiger charge is 2.23. The normalized spacial score (nSPS) is 16.3. The fraction of sp³-hybridized carbons (Fsp3) is 0.375. The molecule has 0 aliphatic carbocycles. The van der Waals surface area contributed by atoms with E-state index in [1.54, 1.807) is 7.11 Å². The number of β-amino-alcohol motifs (C(OH)–C–C–N with tert-alkyl or cyclic N) is 1. The molecule has 164 valence electrons. The van der Waals surface area contributed by atoms with E-state index in [1.165, 1.54) is 0 Å². The van der Waals surface area contributed by atoms with E-state index >= 15 is 0 Å². The molecule has 2 heterocycles. The second-order valence-corrected chi connectivity index (χ2v) is 7.91. The fourth-order valence-corrected chi connectivity index (χ4v) is 3.97. The monoisotopic (exact) mass is 423 g/mol. The number of aliphatic hydroxyl groups excluding tert-OH is 1. The molecule has 2 N–H and O–H groups in total. The van der Waals surface area contributed by atoms with E-state index in [1.807, 2.05) is 64.5 Å². The van der Waals surface area contributed by atoms with Gasteiger partial charge in [0.05, 0.1) is 13.7 Å². The summed E-state index contributed by atoms with van der Waals surface area (Å²) in [5.74, 6) is 1.63. The van der Waals surface area contributed by atoms with Crippen molar-refractivity contribution < 1.29 is 19.4 Å². The van der Waals surface area contributed by atoms with Crippen molar-refractivity contribution >= 4 is 16.8 Å². The molecule has 4 rings (SSSR count). The molecule has 2 aromatic carbocycles. The highest BCUT2D eigenvalue weighted by Crippen LogP contribution is 2.24. The van der Waals surface area contributed by atoms with Crippen LogP contribution in [0.3, 0.4) is 0 Å². The lowest BCUT2D eigenvalue weighted by molar-refractivity contribution is -0.132. The van der Waals surface area contributed by atoms with Gasteiger partial charge in [-0.3, -0.25) is 9.69 Å². The lowest BCUT2D eigenvalue weighted by Crippen LogP contribution is -2.40. The first-order chi connectivity index (χ1) is 15.1. The van der Waals surface area contributed by atoms with Crippen molar-refractivity contribution in [3.63, 3.8) is 0 Å². The van der Waals surface area contributed by atoms with Crippen LogP contribution in [-0.4, -0.2) is 71.8 Å². The highest BCUT2D eigenvalue weighted by atomic mass is 16.5. The Morgan fingerprint density at radius 3 is 2.77 bits per heavy atom. The molecule has 1 unspecified atom stereocenters. The number of hydrogen-bond acceptors (Lipinski definition) is 5. The van der Waals surface area contributed by atoms with Crippen molar-refractivity contribution in [2.45, 2.75) is 19.1 Å². The topological polar surface area (TPSA) is 78.0 Å². The molecule has 1 aliphatic heterocycles. The number of aromatic amines is 1. The molecule has 1 amide bonds. The van der Waals surface area contributed by atoms with E-state index in [0.29, 0.717) is 26.2 Å². The van der Waals surface area contributed by atoms with Crippen LogP contribution in [0.25, 0.3) is 10.9 Å². The molecule has 31 heavy (non-hydrogen) atoms. The molecule has 0 radical (unpaired) electrons. The number of aliphatic hydroxyl groups is 1. The standard InChI is InChI=1S/C24H29N3O4/c1-30-20-8-6-18(7-9-20)14-27-13-3-12-26(16-24(27)29)15-19(28)17-31-23-5-2-4-22-21(23)10-11-25-22/h2,4-11,19,25,28H,3,12-17H2,1H3. The molecular weight excluding hydrogens is 394 g/mol. The Morgan fingerprint density at radius 1 is 1.13 bits per heavy atom. The van der Waals surface area contributed by atoms with Crippen LogP contribution in [0.15, 0.2) is 54.7 Å². The summed E-state index contributed by atoms with van der Waals surface area (Å²) in [5.41, 5.74) is 2.08. The highest BCUT2D eigenvalue weighted by molar-refractivity contribution is 5.85. The summed E-state index contributed by atoms with van der Waals surface area (Å²) >= 11 is 0. The number of ether oxygens (including phenoxy) is 2. The van der Waals surface area contributed by atoms with Crippen LogP contribution in [0.5, 0.6) is 11.5 Å². The van der Waals surface area contributed by atoms with E-state index in [4.69, 9.17) is 9.47 Å². The number of carbonyl (C=O) groups excluding carboxylic acids is 1. The molecule has 0 bridgehead atoms. The average molecular weight is 424 g/mol. The van der Waals surface area contributed by atoms with Gasteiger partial charge in [-0.1, -0.05) is 18.2 Å². The molecule has 1 fully saturated rings. The van der Waals surface area contributed by atoms with E-state index in [9.17, 15) is 9.90 Å². The van der Waals surface area contributed by atoms with Crippen molar-refractivity contribution in [3.8, 4) is 11.5 Å². The van der Waals surface area contributed by atoms with Gasteiger partial charge in [0.2, 0.25) is 5.91 Å². The van der Waals surface area contributed by atoms with Gasteiger partial charge in [0, 0.05) is 43.3 Å². The van der Waals surface area contributed by atoms with Crippen molar-refractivity contribution in [3.05, 3.63) is 60.3 Å². The minimum Gasteiger partial charge on any atom is -0.497 e. The maximum Gasteiger partial charge on any atom is 0.237 e. The Bertz CT molecular complexity index is 1000. The van der Waals surface area contributed by atoms with Gasteiger partial charge < -0.3 is 24.5 Å². The molecule has 1 aliphatic rings. The quantitative estimate of drug-likeness (QED) is 0.583. The van der Waals surface area contributed by atoms with Gasteiger partial charge >= 0.3 is 0 Å². The zero-order valence-electron chi connectivity index (χ0n) is 17.8. The summed E-state index contributed by atoms with van der Waals surface area (Å²) in [4.78, 5) is 19.8. The molecular formula is C24H29N3O4.